The van der Waals surface area contributed by atoms with Crippen LogP contribution in [0.1, 0.15) is 23.7 Å². The normalized spacial score (nSPS) is 12.1. The van der Waals surface area contributed by atoms with Crippen LogP contribution in [-0.2, 0) is 11.2 Å². The highest BCUT2D eigenvalue weighted by Crippen LogP contribution is 2.19. The maximum absolute atomic E-state index is 13.3. The maximum atomic E-state index is 13.3. The van der Waals surface area contributed by atoms with Gasteiger partial charge in [-0.1, -0.05) is 17.7 Å². The van der Waals surface area contributed by atoms with Gasteiger partial charge in [0.05, 0.1) is 11.1 Å². The van der Waals surface area contributed by atoms with Gasteiger partial charge in [0.15, 0.2) is 0 Å². The van der Waals surface area contributed by atoms with Gasteiger partial charge in [0.25, 0.3) is 0 Å². The van der Waals surface area contributed by atoms with Crippen molar-refractivity contribution in [2.75, 3.05) is 6.54 Å². The number of rotatable bonds is 6. The molecule has 2 aromatic rings. The molecular weight excluding hydrogens is 313 g/mol. The van der Waals surface area contributed by atoms with Crippen LogP contribution in [-0.4, -0.2) is 17.6 Å². The van der Waals surface area contributed by atoms with Crippen LogP contribution in [0.25, 0.3) is 0 Å². The molecule has 1 amide bonds. The summed E-state index contributed by atoms with van der Waals surface area (Å²) in [7, 11) is 0. The largest absolute Gasteiger partial charge is 0.387 e. The lowest BCUT2D eigenvalue weighted by molar-refractivity contribution is -0.121. The Bertz CT molecular complexity index is 604. The van der Waals surface area contributed by atoms with Gasteiger partial charge in [0.2, 0.25) is 5.91 Å². The van der Waals surface area contributed by atoms with Gasteiger partial charge in [-0.2, -0.15) is 11.3 Å². The third-order valence-corrected chi connectivity index (χ3v) is 4.08. The molecule has 1 atom stereocenters. The van der Waals surface area contributed by atoms with Crippen molar-refractivity contribution in [2.24, 2.45) is 0 Å². The van der Waals surface area contributed by atoms with E-state index < -0.39 is 11.9 Å². The molecule has 1 aromatic heterocycles. The molecule has 2 N–H and O–H groups in total. The van der Waals surface area contributed by atoms with Gasteiger partial charge < -0.3 is 10.4 Å². The summed E-state index contributed by atoms with van der Waals surface area (Å²) in [4.78, 5) is 11.7. The average molecular weight is 328 g/mol. The fourth-order valence-corrected chi connectivity index (χ4v) is 2.65. The van der Waals surface area contributed by atoms with E-state index in [2.05, 4.69) is 5.32 Å². The van der Waals surface area contributed by atoms with Crippen LogP contribution in [0.3, 0.4) is 0 Å². The van der Waals surface area contributed by atoms with Crippen molar-refractivity contribution in [3.63, 3.8) is 0 Å². The average Bonchev–Trinajstić information content (AvgIpc) is 2.98. The smallest absolute Gasteiger partial charge is 0.220 e. The standard InChI is InChI=1S/C15H15ClFNO2S/c16-12-3-2-11(7-13(12)17)14(19)8-18-15(20)4-1-10-5-6-21-9-10/h2-3,5-7,9,14,19H,1,4,8H2,(H,18,20). The van der Waals surface area contributed by atoms with Crippen molar-refractivity contribution >= 4 is 28.8 Å². The molecule has 0 radical (unpaired) electrons. The molecule has 3 nitrogen and oxygen atoms in total. The number of aliphatic hydroxyl groups is 1. The highest BCUT2D eigenvalue weighted by molar-refractivity contribution is 7.07. The lowest BCUT2D eigenvalue weighted by Crippen LogP contribution is -2.28. The third-order valence-electron chi connectivity index (χ3n) is 3.04. The predicted octanol–water partition coefficient (Wildman–Crippen LogP) is 3.32. The number of aliphatic hydroxyl groups excluding tert-OH is 1. The molecule has 0 bridgehead atoms. The van der Waals surface area contributed by atoms with Crippen LogP contribution < -0.4 is 5.32 Å². The van der Waals surface area contributed by atoms with E-state index in [1.54, 1.807) is 11.3 Å². The van der Waals surface area contributed by atoms with E-state index in [9.17, 15) is 14.3 Å². The number of nitrogens with one attached hydrogen (secondary N) is 1. The molecule has 1 unspecified atom stereocenters. The first kappa shape index (κ1) is 15.9. The van der Waals surface area contributed by atoms with Gasteiger partial charge in [0.1, 0.15) is 5.82 Å². The second-order valence-corrected chi connectivity index (χ2v) is 5.81. The second kappa shape index (κ2) is 7.54. The minimum atomic E-state index is -0.957. The lowest BCUT2D eigenvalue weighted by Gasteiger charge is -2.12. The molecule has 0 aliphatic carbocycles. The van der Waals surface area contributed by atoms with E-state index in [0.717, 1.165) is 5.56 Å². The maximum Gasteiger partial charge on any atom is 0.220 e. The van der Waals surface area contributed by atoms with E-state index in [4.69, 9.17) is 11.6 Å². The first-order valence-electron chi connectivity index (χ1n) is 6.47. The number of carbonyl (C=O) groups is 1. The first-order valence-corrected chi connectivity index (χ1v) is 7.79. The zero-order chi connectivity index (χ0) is 15.2. The zero-order valence-electron chi connectivity index (χ0n) is 11.2. The summed E-state index contributed by atoms with van der Waals surface area (Å²) in [5.74, 6) is -0.730. The highest BCUT2D eigenvalue weighted by atomic mass is 35.5. The lowest BCUT2D eigenvalue weighted by atomic mass is 10.1. The Morgan fingerprint density at radius 3 is 2.90 bits per heavy atom. The van der Waals surface area contributed by atoms with Crippen molar-refractivity contribution < 1.29 is 14.3 Å². The van der Waals surface area contributed by atoms with Crippen molar-refractivity contribution in [3.8, 4) is 0 Å². The van der Waals surface area contributed by atoms with Gasteiger partial charge in [-0.15, -0.1) is 0 Å². The third kappa shape index (κ3) is 4.81. The SMILES string of the molecule is O=C(CCc1ccsc1)NCC(O)c1ccc(Cl)c(F)c1. The Morgan fingerprint density at radius 1 is 1.43 bits per heavy atom. The molecule has 2 rings (SSSR count). The summed E-state index contributed by atoms with van der Waals surface area (Å²) < 4.78 is 13.3. The van der Waals surface area contributed by atoms with E-state index >= 15 is 0 Å². The Morgan fingerprint density at radius 2 is 2.24 bits per heavy atom. The van der Waals surface area contributed by atoms with Crippen LogP contribution in [0, 0.1) is 5.82 Å². The van der Waals surface area contributed by atoms with Crippen molar-refractivity contribution in [3.05, 3.63) is 57.0 Å². The quantitative estimate of drug-likeness (QED) is 0.855. The minimum Gasteiger partial charge on any atom is -0.387 e. The molecule has 0 aliphatic heterocycles. The molecule has 6 heteroatoms. The highest BCUT2D eigenvalue weighted by Gasteiger charge is 2.11. The number of hydrogen-bond donors (Lipinski definition) is 2. The zero-order valence-corrected chi connectivity index (χ0v) is 12.8. The fraction of sp³-hybridized carbons (Fsp3) is 0.267. The molecule has 0 spiro atoms. The van der Waals surface area contributed by atoms with Gasteiger partial charge in [-0.05, 0) is 46.5 Å². The van der Waals surface area contributed by atoms with Crippen LogP contribution in [0.2, 0.25) is 5.02 Å². The molecule has 0 fully saturated rings. The van der Waals surface area contributed by atoms with E-state index in [-0.39, 0.29) is 17.5 Å². The summed E-state index contributed by atoms with van der Waals surface area (Å²) in [6.45, 7) is 0.0452. The molecule has 1 aromatic carbocycles. The first-order chi connectivity index (χ1) is 10.1. The van der Waals surface area contributed by atoms with Gasteiger partial charge in [0, 0.05) is 13.0 Å². The Labute approximate surface area is 131 Å². The number of thiophene rings is 1. The Hall–Kier alpha value is -1.43. The molecule has 112 valence electrons. The van der Waals surface area contributed by atoms with Crippen LogP contribution in [0.15, 0.2) is 35.0 Å². The van der Waals surface area contributed by atoms with E-state index in [1.807, 2.05) is 16.8 Å². The number of amides is 1. The predicted molar refractivity (Wildman–Crippen MR) is 82.0 cm³/mol. The van der Waals surface area contributed by atoms with Crippen molar-refractivity contribution in [2.45, 2.75) is 18.9 Å². The number of hydrogen-bond acceptors (Lipinski definition) is 3. The van der Waals surface area contributed by atoms with Gasteiger partial charge in [-0.25, -0.2) is 4.39 Å². The topological polar surface area (TPSA) is 49.3 Å². The van der Waals surface area contributed by atoms with Crippen LogP contribution in [0.4, 0.5) is 4.39 Å². The second-order valence-electron chi connectivity index (χ2n) is 4.63. The minimum absolute atomic E-state index is 0.00532. The van der Waals surface area contributed by atoms with Crippen molar-refractivity contribution in [1.82, 2.24) is 5.32 Å². The summed E-state index contributed by atoms with van der Waals surface area (Å²) in [5.41, 5.74) is 1.51. The van der Waals surface area contributed by atoms with Crippen molar-refractivity contribution in [1.29, 1.82) is 0 Å². The van der Waals surface area contributed by atoms with Crippen LogP contribution in [0.5, 0.6) is 0 Å². The monoisotopic (exact) mass is 327 g/mol. The number of halogens is 2. The number of benzene rings is 1. The Kier molecular flexibility index (Phi) is 5.73. The van der Waals surface area contributed by atoms with Gasteiger partial charge >= 0.3 is 0 Å². The number of carbonyl (C=O) groups excluding carboxylic acids is 1. The Balaban J connectivity index is 1.78. The fourth-order valence-electron chi connectivity index (χ4n) is 1.83. The summed E-state index contributed by atoms with van der Waals surface area (Å²) in [5, 5.41) is 16.5. The molecule has 1 heterocycles. The molecule has 21 heavy (non-hydrogen) atoms. The molecular formula is C15H15ClFNO2S. The summed E-state index contributed by atoms with van der Waals surface area (Å²) in [6.07, 6.45) is 0.0706. The number of aryl methyl sites for hydroxylation is 1. The summed E-state index contributed by atoms with van der Waals surface area (Å²) >= 11 is 7.17. The summed E-state index contributed by atoms with van der Waals surface area (Å²) in [6, 6.07) is 6.06. The van der Waals surface area contributed by atoms with Gasteiger partial charge in [-0.3, -0.25) is 4.79 Å². The molecule has 0 saturated heterocycles. The van der Waals surface area contributed by atoms with Crippen LogP contribution >= 0.6 is 22.9 Å². The molecule has 0 aliphatic rings. The molecule has 0 saturated carbocycles. The van der Waals surface area contributed by atoms with E-state index in [1.165, 1.54) is 18.2 Å². The van der Waals surface area contributed by atoms with E-state index in [0.29, 0.717) is 18.4 Å².